The second-order valence-corrected chi connectivity index (χ2v) is 9.07. The van der Waals surface area contributed by atoms with Gasteiger partial charge in [0, 0.05) is 28.3 Å². The normalized spacial score (nSPS) is 12.3. The lowest BCUT2D eigenvalue weighted by Gasteiger charge is -2.16. The highest BCUT2D eigenvalue weighted by molar-refractivity contribution is 7.91. The summed E-state index contributed by atoms with van der Waals surface area (Å²) in [4.78, 5) is 4.05. The van der Waals surface area contributed by atoms with Crippen LogP contribution in [0.2, 0.25) is 0 Å². The van der Waals surface area contributed by atoms with Gasteiger partial charge in [-0.05, 0) is 17.7 Å². The molecule has 0 saturated carbocycles. The number of rotatable bonds is 3. The zero-order valence-corrected chi connectivity index (χ0v) is 17.1. The zero-order chi connectivity index (χ0) is 22.4. The van der Waals surface area contributed by atoms with Crippen LogP contribution in [0, 0.1) is 0 Å². The Morgan fingerprint density at radius 3 is 2.13 bits per heavy atom. The number of halogens is 3. The maximum absolute atomic E-state index is 13.4. The van der Waals surface area contributed by atoms with Gasteiger partial charge in [0.15, 0.2) is 9.84 Å². The highest BCUT2D eigenvalue weighted by Crippen LogP contribution is 2.40. The molecule has 0 atom stereocenters. The fourth-order valence-corrected chi connectivity index (χ4v) is 4.81. The van der Waals surface area contributed by atoms with Crippen LogP contribution in [0.15, 0.2) is 77.7 Å². The molecule has 0 fully saturated rings. The average molecular weight is 442 g/mol. The third-order valence-electron chi connectivity index (χ3n) is 4.94. The standard InChI is InChI=1S/C23H17F3N2O2S/c1-31(29,30)21-16(14-7-3-2-4-8-14)10-6-11-17(21)18-13-15-9-5-12-19(23(24,25)26)20(15)28-22(18)27/h2-13H,1H3,(H2,27,28). The molecule has 0 bridgehead atoms. The SMILES string of the molecule is CS(=O)(=O)c1c(-c2ccccc2)cccc1-c1cc2cccc(C(F)(F)F)c2nc1N. The van der Waals surface area contributed by atoms with Crippen molar-refractivity contribution in [3.63, 3.8) is 0 Å². The number of para-hydroxylation sites is 1. The maximum atomic E-state index is 13.4. The van der Waals surface area contributed by atoms with E-state index in [1.165, 1.54) is 18.2 Å². The van der Waals surface area contributed by atoms with E-state index in [2.05, 4.69) is 4.98 Å². The number of hydrogen-bond donors (Lipinski definition) is 1. The van der Waals surface area contributed by atoms with Gasteiger partial charge in [0.05, 0.1) is 16.0 Å². The molecule has 0 aliphatic heterocycles. The summed E-state index contributed by atoms with van der Waals surface area (Å²) < 4.78 is 65.7. The van der Waals surface area contributed by atoms with Crippen molar-refractivity contribution in [2.45, 2.75) is 11.1 Å². The molecule has 31 heavy (non-hydrogen) atoms. The molecule has 0 unspecified atom stereocenters. The molecular formula is C23H17F3N2O2S. The minimum Gasteiger partial charge on any atom is -0.383 e. The van der Waals surface area contributed by atoms with E-state index in [0.29, 0.717) is 11.1 Å². The first-order valence-electron chi connectivity index (χ1n) is 9.22. The van der Waals surface area contributed by atoms with Crippen molar-refractivity contribution in [3.8, 4) is 22.3 Å². The minimum atomic E-state index is -4.59. The van der Waals surface area contributed by atoms with E-state index in [-0.39, 0.29) is 32.7 Å². The van der Waals surface area contributed by atoms with Crippen molar-refractivity contribution >= 4 is 26.6 Å². The zero-order valence-electron chi connectivity index (χ0n) is 16.3. The molecule has 0 aliphatic carbocycles. The number of benzene rings is 3. The van der Waals surface area contributed by atoms with Crippen LogP contribution in [-0.4, -0.2) is 19.7 Å². The molecule has 0 radical (unpaired) electrons. The number of fused-ring (bicyclic) bond motifs is 1. The number of aromatic nitrogens is 1. The van der Waals surface area contributed by atoms with Crippen molar-refractivity contribution in [1.29, 1.82) is 0 Å². The molecule has 8 heteroatoms. The number of nitrogens with zero attached hydrogens (tertiary/aromatic N) is 1. The summed E-state index contributed by atoms with van der Waals surface area (Å²) in [6.45, 7) is 0. The van der Waals surface area contributed by atoms with Gasteiger partial charge in [0.25, 0.3) is 0 Å². The van der Waals surface area contributed by atoms with Crippen LogP contribution in [0.3, 0.4) is 0 Å². The molecule has 158 valence electrons. The lowest BCUT2D eigenvalue weighted by atomic mass is 9.97. The van der Waals surface area contributed by atoms with Crippen LogP contribution in [0.25, 0.3) is 33.2 Å². The monoisotopic (exact) mass is 442 g/mol. The molecule has 2 N–H and O–H groups in total. The summed E-state index contributed by atoms with van der Waals surface area (Å²) in [6, 6.07) is 19.1. The minimum absolute atomic E-state index is 0.0426. The molecule has 0 spiro atoms. The number of sulfone groups is 1. The molecular weight excluding hydrogens is 425 g/mol. The van der Waals surface area contributed by atoms with Gasteiger partial charge in [0.1, 0.15) is 5.82 Å². The van der Waals surface area contributed by atoms with Crippen LogP contribution in [-0.2, 0) is 16.0 Å². The first kappa shape index (κ1) is 20.9. The van der Waals surface area contributed by atoms with Crippen molar-refractivity contribution in [3.05, 3.63) is 78.4 Å². The van der Waals surface area contributed by atoms with Gasteiger partial charge in [-0.15, -0.1) is 0 Å². The number of anilines is 1. The number of pyridine rings is 1. The van der Waals surface area contributed by atoms with E-state index in [0.717, 1.165) is 12.3 Å². The van der Waals surface area contributed by atoms with E-state index in [9.17, 15) is 21.6 Å². The summed E-state index contributed by atoms with van der Waals surface area (Å²) >= 11 is 0. The lowest BCUT2D eigenvalue weighted by molar-refractivity contribution is -0.136. The van der Waals surface area contributed by atoms with Crippen molar-refractivity contribution in [2.24, 2.45) is 0 Å². The van der Waals surface area contributed by atoms with Crippen molar-refractivity contribution < 1.29 is 21.6 Å². The van der Waals surface area contributed by atoms with Gasteiger partial charge in [-0.3, -0.25) is 0 Å². The van der Waals surface area contributed by atoms with Crippen LogP contribution in [0.4, 0.5) is 19.0 Å². The van der Waals surface area contributed by atoms with Gasteiger partial charge >= 0.3 is 6.18 Å². The fraction of sp³-hybridized carbons (Fsp3) is 0.0870. The molecule has 0 amide bonds. The first-order chi connectivity index (χ1) is 14.6. The Hall–Kier alpha value is -3.39. The van der Waals surface area contributed by atoms with Crippen molar-refractivity contribution in [1.82, 2.24) is 4.98 Å². The van der Waals surface area contributed by atoms with Crippen LogP contribution in [0.5, 0.6) is 0 Å². The Labute approximate surface area is 177 Å². The third kappa shape index (κ3) is 3.86. The van der Waals surface area contributed by atoms with Crippen LogP contribution < -0.4 is 5.73 Å². The quantitative estimate of drug-likeness (QED) is 0.450. The Morgan fingerprint density at radius 1 is 0.839 bits per heavy atom. The molecule has 1 heterocycles. The topological polar surface area (TPSA) is 73.0 Å². The Morgan fingerprint density at radius 2 is 1.48 bits per heavy atom. The summed E-state index contributed by atoms with van der Waals surface area (Å²) in [5.41, 5.74) is 6.59. The Kier molecular flexibility index (Phi) is 4.97. The smallest absolute Gasteiger partial charge is 0.383 e. The largest absolute Gasteiger partial charge is 0.418 e. The number of nitrogens with two attached hydrogens (primary N) is 1. The Bertz CT molecular complexity index is 1400. The van der Waals surface area contributed by atoms with Gasteiger partial charge in [0.2, 0.25) is 0 Å². The first-order valence-corrected chi connectivity index (χ1v) is 11.1. The van der Waals surface area contributed by atoms with Gasteiger partial charge in [-0.25, -0.2) is 13.4 Å². The molecule has 4 aromatic rings. The maximum Gasteiger partial charge on any atom is 0.418 e. The van der Waals surface area contributed by atoms with E-state index < -0.39 is 21.6 Å². The summed E-state index contributed by atoms with van der Waals surface area (Å²) in [6.07, 6.45) is -3.50. The highest BCUT2D eigenvalue weighted by Gasteiger charge is 2.33. The Balaban J connectivity index is 2.04. The van der Waals surface area contributed by atoms with Crippen molar-refractivity contribution in [2.75, 3.05) is 12.0 Å². The summed E-state index contributed by atoms with van der Waals surface area (Å²) in [5, 5.41) is 0.212. The fourth-order valence-electron chi connectivity index (χ4n) is 3.65. The van der Waals surface area contributed by atoms with E-state index >= 15 is 0 Å². The molecule has 4 rings (SSSR count). The van der Waals surface area contributed by atoms with E-state index in [1.807, 2.05) is 6.07 Å². The van der Waals surface area contributed by atoms with Gasteiger partial charge in [-0.2, -0.15) is 13.2 Å². The molecule has 0 aliphatic rings. The second kappa shape index (κ2) is 7.39. The lowest BCUT2D eigenvalue weighted by Crippen LogP contribution is -2.08. The molecule has 3 aromatic carbocycles. The predicted octanol–water partition coefficient (Wildman–Crippen LogP) is 5.57. The highest BCUT2D eigenvalue weighted by atomic mass is 32.2. The summed E-state index contributed by atoms with van der Waals surface area (Å²) in [7, 11) is -3.73. The average Bonchev–Trinajstić information content (AvgIpc) is 2.71. The summed E-state index contributed by atoms with van der Waals surface area (Å²) in [5.74, 6) is -0.181. The molecule has 4 nitrogen and oxygen atoms in total. The van der Waals surface area contributed by atoms with Crippen LogP contribution in [0.1, 0.15) is 5.56 Å². The van der Waals surface area contributed by atoms with Crippen LogP contribution >= 0.6 is 0 Å². The van der Waals surface area contributed by atoms with Gasteiger partial charge < -0.3 is 5.73 Å². The number of hydrogen-bond acceptors (Lipinski definition) is 4. The van der Waals surface area contributed by atoms with E-state index in [4.69, 9.17) is 5.73 Å². The molecule has 0 saturated heterocycles. The van der Waals surface area contributed by atoms with Gasteiger partial charge in [-0.1, -0.05) is 60.7 Å². The van der Waals surface area contributed by atoms with E-state index in [1.54, 1.807) is 42.5 Å². The number of alkyl halides is 3. The second-order valence-electron chi connectivity index (χ2n) is 7.12. The third-order valence-corrected chi connectivity index (χ3v) is 6.12. The number of nitrogen functional groups attached to an aromatic ring is 1. The predicted molar refractivity (Wildman–Crippen MR) is 115 cm³/mol. The molecule has 1 aromatic heterocycles.